The number of nitrogens with zero attached hydrogens (tertiary/aromatic N) is 1. The van der Waals surface area contributed by atoms with E-state index >= 15 is 0 Å². The van der Waals surface area contributed by atoms with Crippen LogP contribution in [0.2, 0.25) is 0 Å². The number of para-hydroxylation sites is 1. The molecule has 0 unspecified atom stereocenters. The van der Waals surface area contributed by atoms with E-state index in [0.29, 0.717) is 12.3 Å². The summed E-state index contributed by atoms with van der Waals surface area (Å²) in [5.41, 5.74) is 2.26. The summed E-state index contributed by atoms with van der Waals surface area (Å²) in [5.74, 6) is 0.570. The Hall–Kier alpha value is -2.53. The zero-order valence-corrected chi connectivity index (χ0v) is 14.5. The average Bonchev–Trinajstić information content (AvgIpc) is 2.68. The van der Waals surface area contributed by atoms with Crippen molar-refractivity contribution >= 4 is 11.6 Å². The Kier molecular flexibility index (Phi) is 5.90. The summed E-state index contributed by atoms with van der Waals surface area (Å²) in [5, 5.41) is 2.92. The highest BCUT2D eigenvalue weighted by atomic mass is 16.5. The Labute approximate surface area is 148 Å². The maximum atomic E-state index is 12.2. The monoisotopic (exact) mass is 340 g/mol. The fraction of sp³-hybridized carbons (Fsp3) is 0.350. The quantitative estimate of drug-likeness (QED) is 0.878. The Morgan fingerprint density at radius 1 is 1.12 bits per heavy atom. The van der Waals surface area contributed by atoms with E-state index in [2.05, 4.69) is 22.3 Å². The summed E-state index contributed by atoms with van der Waals surface area (Å²) < 4.78 is 11.0. The van der Waals surface area contributed by atoms with E-state index in [1.165, 1.54) is 5.69 Å². The molecule has 132 valence electrons. The smallest absolute Gasteiger partial charge is 0.261 e. The number of nitrogens with one attached hydrogen (secondary N) is 1. The van der Waals surface area contributed by atoms with Gasteiger partial charge in [0.15, 0.2) is 6.10 Å². The highest BCUT2D eigenvalue weighted by Crippen LogP contribution is 2.16. The molecule has 1 aliphatic heterocycles. The molecule has 0 bridgehead atoms. The van der Waals surface area contributed by atoms with E-state index in [1.807, 2.05) is 42.5 Å². The van der Waals surface area contributed by atoms with Crippen LogP contribution in [0.3, 0.4) is 0 Å². The molecule has 3 rings (SSSR count). The largest absolute Gasteiger partial charge is 0.481 e. The van der Waals surface area contributed by atoms with Crippen molar-refractivity contribution in [3.8, 4) is 5.75 Å². The van der Waals surface area contributed by atoms with Gasteiger partial charge in [-0.1, -0.05) is 30.3 Å². The van der Waals surface area contributed by atoms with Gasteiger partial charge < -0.3 is 19.7 Å². The third-order valence-corrected chi connectivity index (χ3v) is 4.20. The highest BCUT2D eigenvalue weighted by Gasteiger charge is 2.14. The van der Waals surface area contributed by atoms with Crippen molar-refractivity contribution in [1.29, 1.82) is 0 Å². The highest BCUT2D eigenvalue weighted by molar-refractivity contribution is 5.80. The lowest BCUT2D eigenvalue weighted by Crippen LogP contribution is -2.36. The molecule has 25 heavy (non-hydrogen) atoms. The third-order valence-electron chi connectivity index (χ3n) is 4.20. The number of carbonyl (C=O) groups is 1. The van der Waals surface area contributed by atoms with Crippen LogP contribution in [0.1, 0.15) is 12.5 Å². The summed E-state index contributed by atoms with van der Waals surface area (Å²) in [6.07, 6.45) is -0.532. The van der Waals surface area contributed by atoms with Crippen LogP contribution >= 0.6 is 0 Å². The van der Waals surface area contributed by atoms with Gasteiger partial charge in [0.25, 0.3) is 5.91 Å². The standard InChI is InChI=1S/C20H24N2O3/c1-16(25-19-5-3-2-4-6-19)20(23)21-15-17-7-9-18(10-8-17)22-11-13-24-14-12-22/h2-10,16H,11-15H2,1H3,(H,21,23)/t16-/m0/s1. The summed E-state index contributed by atoms with van der Waals surface area (Å²) in [4.78, 5) is 14.5. The van der Waals surface area contributed by atoms with E-state index in [4.69, 9.17) is 9.47 Å². The van der Waals surface area contributed by atoms with Gasteiger partial charge in [0.05, 0.1) is 13.2 Å². The van der Waals surface area contributed by atoms with Crippen LogP contribution in [-0.4, -0.2) is 38.3 Å². The average molecular weight is 340 g/mol. The van der Waals surface area contributed by atoms with Crippen molar-refractivity contribution < 1.29 is 14.3 Å². The van der Waals surface area contributed by atoms with Gasteiger partial charge in [0.1, 0.15) is 5.75 Å². The molecule has 1 N–H and O–H groups in total. The Balaban J connectivity index is 1.48. The lowest BCUT2D eigenvalue weighted by atomic mass is 10.2. The molecule has 0 aromatic heterocycles. The molecule has 2 aromatic carbocycles. The van der Waals surface area contributed by atoms with Gasteiger partial charge in [-0.05, 0) is 36.8 Å². The molecule has 1 saturated heterocycles. The van der Waals surface area contributed by atoms with Gasteiger partial charge >= 0.3 is 0 Å². The van der Waals surface area contributed by atoms with E-state index in [9.17, 15) is 4.79 Å². The number of rotatable bonds is 6. The molecule has 1 aliphatic rings. The van der Waals surface area contributed by atoms with Gasteiger partial charge in [-0.3, -0.25) is 4.79 Å². The first kappa shape index (κ1) is 17.3. The number of morpholine rings is 1. The minimum absolute atomic E-state index is 0.124. The molecular formula is C20H24N2O3. The minimum atomic E-state index is -0.532. The van der Waals surface area contributed by atoms with Crippen molar-refractivity contribution in [3.63, 3.8) is 0 Å². The Morgan fingerprint density at radius 2 is 1.80 bits per heavy atom. The lowest BCUT2D eigenvalue weighted by Gasteiger charge is -2.28. The minimum Gasteiger partial charge on any atom is -0.481 e. The van der Waals surface area contributed by atoms with Crippen LogP contribution in [0.5, 0.6) is 5.75 Å². The Morgan fingerprint density at radius 3 is 2.48 bits per heavy atom. The topological polar surface area (TPSA) is 50.8 Å². The first-order valence-corrected chi connectivity index (χ1v) is 8.63. The van der Waals surface area contributed by atoms with Gasteiger partial charge in [0, 0.05) is 25.3 Å². The molecule has 1 atom stereocenters. The fourth-order valence-electron chi connectivity index (χ4n) is 2.74. The SMILES string of the molecule is C[C@H](Oc1ccccc1)C(=O)NCc1ccc(N2CCOCC2)cc1. The van der Waals surface area contributed by atoms with Crippen LogP contribution in [-0.2, 0) is 16.1 Å². The lowest BCUT2D eigenvalue weighted by molar-refractivity contribution is -0.127. The van der Waals surface area contributed by atoms with E-state index in [0.717, 1.165) is 31.9 Å². The summed E-state index contributed by atoms with van der Waals surface area (Å²) in [6.45, 7) is 5.64. The molecule has 0 aliphatic carbocycles. The zero-order valence-electron chi connectivity index (χ0n) is 14.5. The number of carbonyl (C=O) groups excluding carboxylic acids is 1. The third kappa shape index (κ3) is 4.97. The first-order valence-electron chi connectivity index (χ1n) is 8.63. The predicted octanol–water partition coefficient (Wildman–Crippen LogP) is 2.61. The molecular weight excluding hydrogens is 316 g/mol. The maximum Gasteiger partial charge on any atom is 0.261 e. The van der Waals surface area contributed by atoms with Crippen LogP contribution in [0.4, 0.5) is 5.69 Å². The second-order valence-electron chi connectivity index (χ2n) is 6.06. The molecule has 0 saturated carbocycles. The van der Waals surface area contributed by atoms with Crippen LogP contribution in [0.25, 0.3) is 0 Å². The normalized spacial score (nSPS) is 15.5. The summed E-state index contributed by atoms with van der Waals surface area (Å²) >= 11 is 0. The van der Waals surface area contributed by atoms with Crippen LogP contribution < -0.4 is 15.0 Å². The first-order chi connectivity index (χ1) is 12.2. The predicted molar refractivity (Wildman–Crippen MR) is 97.9 cm³/mol. The van der Waals surface area contributed by atoms with Crippen molar-refractivity contribution in [2.24, 2.45) is 0 Å². The molecule has 1 fully saturated rings. The van der Waals surface area contributed by atoms with Gasteiger partial charge in [0.2, 0.25) is 0 Å². The number of ether oxygens (including phenoxy) is 2. The second kappa shape index (κ2) is 8.53. The zero-order chi connectivity index (χ0) is 17.5. The molecule has 0 radical (unpaired) electrons. The molecule has 0 spiro atoms. The number of benzene rings is 2. The summed E-state index contributed by atoms with van der Waals surface area (Å²) in [6, 6.07) is 17.7. The van der Waals surface area contributed by atoms with Crippen molar-refractivity contribution in [2.45, 2.75) is 19.6 Å². The van der Waals surface area contributed by atoms with E-state index < -0.39 is 6.10 Å². The van der Waals surface area contributed by atoms with E-state index in [1.54, 1.807) is 6.92 Å². The van der Waals surface area contributed by atoms with Crippen molar-refractivity contribution in [1.82, 2.24) is 5.32 Å². The van der Waals surface area contributed by atoms with Crippen molar-refractivity contribution in [3.05, 3.63) is 60.2 Å². The second-order valence-corrected chi connectivity index (χ2v) is 6.06. The van der Waals surface area contributed by atoms with Gasteiger partial charge in [-0.25, -0.2) is 0 Å². The van der Waals surface area contributed by atoms with Crippen LogP contribution in [0.15, 0.2) is 54.6 Å². The number of hydrogen-bond acceptors (Lipinski definition) is 4. The van der Waals surface area contributed by atoms with Crippen LogP contribution in [0, 0.1) is 0 Å². The number of amides is 1. The van der Waals surface area contributed by atoms with Gasteiger partial charge in [-0.2, -0.15) is 0 Å². The molecule has 2 aromatic rings. The fourth-order valence-corrected chi connectivity index (χ4v) is 2.74. The maximum absolute atomic E-state index is 12.2. The molecule has 1 amide bonds. The number of anilines is 1. The molecule has 5 heteroatoms. The molecule has 5 nitrogen and oxygen atoms in total. The van der Waals surface area contributed by atoms with Crippen molar-refractivity contribution in [2.75, 3.05) is 31.2 Å². The van der Waals surface area contributed by atoms with Gasteiger partial charge in [-0.15, -0.1) is 0 Å². The number of hydrogen-bond donors (Lipinski definition) is 1. The summed E-state index contributed by atoms with van der Waals surface area (Å²) in [7, 11) is 0. The molecule has 1 heterocycles. The Bertz CT molecular complexity index is 667. The van der Waals surface area contributed by atoms with E-state index in [-0.39, 0.29) is 5.91 Å².